The van der Waals surface area contributed by atoms with Gasteiger partial charge in [0, 0.05) is 16.5 Å². The van der Waals surface area contributed by atoms with E-state index >= 15 is 0 Å². The maximum atomic E-state index is 13.1. The van der Waals surface area contributed by atoms with E-state index in [1.165, 1.54) is 13.2 Å². The van der Waals surface area contributed by atoms with Crippen LogP contribution in [-0.2, 0) is 0 Å². The average molecular weight is 522 g/mol. The Hall–Kier alpha value is -4.54. The molecule has 0 aliphatic carbocycles. The fourth-order valence-electron chi connectivity index (χ4n) is 3.83. The third-order valence-electron chi connectivity index (χ3n) is 5.76. The van der Waals surface area contributed by atoms with E-state index in [9.17, 15) is 14.7 Å². The summed E-state index contributed by atoms with van der Waals surface area (Å²) in [5.41, 5.74) is 1.01. The topological polar surface area (TPSA) is 137 Å². The fraction of sp³-hybridized carbons (Fsp3) is 0.214. The van der Waals surface area contributed by atoms with Crippen LogP contribution in [0.1, 0.15) is 10.4 Å². The molecule has 1 amide bonds. The monoisotopic (exact) mass is 521 g/mol. The molecule has 0 saturated heterocycles. The molecule has 0 saturated carbocycles. The number of rotatable bonds is 10. The number of fused-ring (bicyclic) bond motifs is 1. The number of carbonyl (C=O) groups excluding carboxylic acids is 1. The van der Waals surface area contributed by atoms with Crippen LogP contribution in [-0.4, -0.2) is 56.8 Å². The molecular weight excluding hydrogens is 494 g/mol. The number of hydrogen-bond donors (Lipinski definition) is 3. The minimum atomic E-state index is -1.08. The van der Waals surface area contributed by atoms with Gasteiger partial charge in [0.25, 0.3) is 5.91 Å². The van der Waals surface area contributed by atoms with Gasteiger partial charge in [-0.15, -0.1) is 0 Å². The van der Waals surface area contributed by atoms with Gasteiger partial charge >= 0.3 is 5.63 Å². The van der Waals surface area contributed by atoms with Gasteiger partial charge in [-0.1, -0.05) is 12.1 Å². The average Bonchev–Trinajstić information content (AvgIpc) is 2.95. The minimum Gasteiger partial charge on any atom is -0.497 e. The SMILES string of the molecule is COc1cccc(-c2cc(C(=O)Nc3cc4ccc(OCC(O)CO)c(OC)c4oc3=O)ccc2OC)c1. The summed E-state index contributed by atoms with van der Waals surface area (Å²) in [5.74, 6) is 1.06. The predicted molar refractivity (Wildman–Crippen MR) is 141 cm³/mol. The molecule has 1 atom stereocenters. The Balaban J connectivity index is 1.64. The fourth-order valence-corrected chi connectivity index (χ4v) is 3.83. The Bertz CT molecular complexity index is 1510. The van der Waals surface area contributed by atoms with Crippen LogP contribution in [0.25, 0.3) is 22.1 Å². The van der Waals surface area contributed by atoms with Crippen LogP contribution in [0.5, 0.6) is 23.0 Å². The molecule has 1 unspecified atom stereocenters. The van der Waals surface area contributed by atoms with Crippen molar-refractivity contribution in [3.8, 4) is 34.1 Å². The first-order valence-electron chi connectivity index (χ1n) is 11.6. The Kier molecular flexibility index (Phi) is 8.15. The molecule has 4 rings (SSSR count). The number of hydrogen-bond acceptors (Lipinski definition) is 9. The smallest absolute Gasteiger partial charge is 0.360 e. The highest BCUT2D eigenvalue weighted by molar-refractivity contribution is 6.06. The lowest BCUT2D eigenvalue weighted by Gasteiger charge is -2.14. The van der Waals surface area contributed by atoms with Gasteiger partial charge in [-0.3, -0.25) is 4.79 Å². The first-order valence-corrected chi connectivity index (χ1v) is 11.6. The molecule has 0 spiro atoms. The van der Waals surface area contributed by atoms with Gasteiger partial charge in [0.15, 0.2) is 11.3 Å². The Labute approximate surface area is 218 Å². The van der Waals surface area contributed by atoms with Gasteiger partial charge in [0.05, 0.1) is 27.9 Å². The molecule has 198 valence electrons. The molecule has 1 aromatic heterocycles. The molecule has 4 aromatic rings. The first-order chi connectivity index (χ1) is 18.4. The highest BCUT2D eigenvalue weighted by atomic mass is 16.5. The summed E-state index contributed by atoms with van der Waals surface area (Å²) in [7, 11) is 4.49. The summed E-state index contributed by atoms with van der Waals surface area (Å²) in [6.07, 6.45) is -1.08. The molecular formula is C28H27NO9. The molecule has 10 nitrogen and oxygen atoms in total. The molecule has 0 bridgehead atoms. The zero-order chi connectivity index (χ0) is 27.2. The van der Waals surface area contributed by atoms with Crippen molar-refractivity contribution in [3.05, 3.63) is 76.6 Å². The maximum absolute atomic E-state index is 13.1. The highest BCUT2D eigenvalue weighted by Gasteiger charge is 2.18. The molecule has 0 aliphatic rings. The van der Waals surface area contributed by atoms with Crippen LogP contribution in [0.3, 0.4) is 0 Å². The van der Waals surface area contributed by atoms with E-state index in [1.54, 1.807) is 44.6 Å². The first kappa shape index (κ1) is 26.5. The Morgan fingerprint density at radius 3 is 2.47 bits per heavy atom. The van der Waals surface area contributed by atoms with Crippen molar-refractivity contribution in [3.63, 3.8) is 0 Å². The summed E-state index contributed by atoms with van der Waals surface area (Å²) in [5, 5.41) is 21.6. The summed E-state index contributed by atoms with van der Waals surface area (Å²) in [6.45, 7) is -0.653. The number of amides is 1. The quantitative estimate of drug-likeness (QED) is 0.268. The summed E-state index contributed by atoms with van der Waals surface area (Å²) in [6, 6.07) is 16.9. The van der Waals surface area contributed by atoms with Gasteiger partial charge in [0.1, 0.15) is 29.9 Å². The van der Waals surface area contributed by atoms with E-state index in [0.717, 1.165) is 5.56 Å². The van der Waals surface area contributed by atoms with E-state index in [0.29, 0.717) is 28.0 Å². The lowest BCUT2D eigenvalue weighted by molar-refractivity contribution is 0.0527. The molecule has 10 heteroatoms. The minimum absolute atomic E-state index is 0.0623. The largest absolute Gasteiger partial charge is 0.497 e. The van der Waals surface area contributed by atoms with E-state index in [1.807, 2.05) is 24.3 Å². The van der Waals surface area contributed by atoms with Crippen LogP contribution in [0, 0.1) is 0 Å². The summed E-state index contributed by atoms with van der Waals surface area (Å²) < 4.78 is 27.1. The summed E-state index contributed by atoms with van der Waals surface area (Å²) >= 11 is 0. The normalized spacial score (nSPS) is 11.6. The lowest BCUT2D eigenvalue weighted by atomic mass is 10.0. The number of ether oxygens (including phenoxy) is 4. The van der Waals surface area contributed by atoms with Crippen LogP contribution in [0.4, 0.5) is 5.69 Å². The third kappa shape index (κ3) is 5.56. The Morgan fingerprint density at radius 1 is 0.974 bits per heavy atom. The van der Waals surface area contributed by atoms with Crippen molar-refractivity contribution in [2.24, 2.45) is 0 Å². The second kappa shape index (κ2) is 11.7. The van der Waals surface area contributed by atoms with Crippen molar-refractivity contribution in [1.29, 1.82) is 0 Å². The zero-order valence-corrected chi connectivity index (χ0v) is 21.0. The van der Waals surface area contributed by atoms with E-state index < -0.39 is 24.2 Å². The molecule has 0 fully saturated rings. The van der Waals surface area contributed by atoms with Crippen molar-refractivity contribution in [1.82, 2.24) is 0 Å². The highest BCUT2D eigenvalue weighted by Crippen LogP contribution is 2.36. The molecule has 0 radical (unpaired) electrons. The van der Waals surface area contributed by atoms with Crippen LogP contribution in [0.2, 0.25) is 0 Å². The number of aliphatic hydroxyl groups is 2. The van der Waals surface area contributed by atoms with Crippen molar-refractivity contribution < 1.29 is 38.4 Å². The van der Waals surface area contributed by atoms with Gasteiger partial charge in [-0.05, 0) is 54.1 Å². The third-order valence-corrected chi connectivity index (χ3v) is 5.76. The number of anilines is 1. The molecule has 3 N–H and O–H groups in total. The molecule has 3 aromatic carbocycles. The van der Waals surface area contributed by atoms with Gasteiger partial charge in [-0.2, -0.15) is 0 Å². The number of nitrogens with one attached hydrogen (secondary N) is 1. The number of aliphatic hydroxyl groups excluding tert-OH is 2. The standard InChI is InChI=1S/C28H27NO9/c1-34-20-6-4-5-16(11-20)21-12-18(8-9-23(21)35-2)27(32)29-22-13-17-7-10-24(37-15-19(31)14-30)26(36-3)25(17)38-28(22)33/h4-13,19,30-31H,14-15H2,1-3H3,(H,29,32). The van der Waals surface area contributed by atoms with Crippen molar-refractivity contribution in [2.75, 3.05) is 39.9 Å². The second-order valence-corrected chi connectivity index (χ2v) is 8.21. The van der Waals surface area contributed by atoms with Crippen molar-refractivity contribution in [2.45, 2.75) is 6.10 Å². The van der Waals surface area contributed by atoms with E-state index in [2.05, 4.69) is 5.32 Å². The lowest BCUT2D eigenvalue weighted by Crippen LogP contribution is -2.21. The van der Waals surface area contributed by atoms with Gasteiger partial charge in [-0.25, -0.2) is 4.79 Å². The molecule has 1 heterocycles. The number of benzene rings is 3. The van der Waals surface area contributed by atoms with Crippen LogP contribution in [0.15, 0.2) is 69.9 Å². The van der Waals surface area contributed by atoms with Gasteiger partial charge in [0.2, 0.25) is 5.75 Å². The second-order valence-electron chi connectivity index (χ2n) is 8.21. The maximum Gasteiger partial charge on any atom is 0.360 e. The van der Waals surface area contributed by atoms with Gasteiger partial charge < -0.3 is 38.9 Å². The number of carbonyl (C=O) groups is 1. The zero-order valence-electron chi connectivity index (χ0n) is 21.0. The molecule has 0 aliphatic heterocycles. The predicted octanol–water partition coefficient (Wildman–Crippen LogP) is 3.47. The van der Waals surface area contributed by atoms with E-state index in [4.69, 9.17) is 28.5 Å². The van der Waals surface area contributed by atoms with Crippen LogP contribution < -0.4 is 29.9 Å². The van der Waals surface area contributed by atoms with Crippen molar-refractivity contribution >= 4 is 22.6 Å². The molecule has 38 heavy (non-hydrogen) atoms. The van der Waals surface area contributed by atoms with Crippen LogP contribution >= 0.6 is 0 Å². The Morgan fingerprint density at radius 2 is 1.76 bits per heavy atom. The van der Waals surface area contributed by atoms with E-state index in [-0.39, 0.29) is 29.4 Å². The number of methoxy groups -OCH3 is 3. The summed E-state index contributed by atoms with van der Waals surface area (Å²) in [4.78, 5) is 25.9.